The predicted octanol–water partition coefficient (Wildman–Crippen LogP) is 7.50. The van der Waals surface area contributed by atoms with Crippen LogP contribution in [-0.2, 0) is 18.3 Å². The SMILES string of the molecule is C=CCSOB(OCCCC(c1ccccc1)(c1ccccc1)c1ccccc1)OSCC=C. The minimum absolute atomic E-state index is 0.292. The molecular weight excluding hydrogens is 459 g/mol. The van der Waals surface area contributed by atoms with Crippen molar-refractivity contribution in [1.29, 1.82) is 0 Å². The van der Waals surface area contributed by atoms with E-state index in [1.165, 1.54) is 40.8 Å². The van der Waals surface area contributed by atoms with Crippen molar-refractivity contribution >= 4 is 31.4 Å². The monoisotopic (exact) mass is 490 g/mol. The van der Waals surface area contributed by atoms with Crippen molar-refractivity contribution in [3.8, 4) is 0 Å². The van der Waals surface area contributed by atoms with E-state index in [9.17, 15) is 0 Å². The molecule has 3 aromatic carbocycles. The maximum Gasteiger partial charge on any atom is 0.662 e. The van der Waals surface area contributed by atoms with Crippen LogP contribution in [0.1, 0.15) is 29.5 Å². The molecule has 0 amide bonds. The van der Waals surface area contributed by atoms with E-state index in [1.807, 2.05) is 0 Å². The summed E-state index contributed by atoms with van der Waals surface area (Å²) in [6.45, 7) is 7.94. The van der Waals surface area contributed by atoms with E-state index in [-0.39, 0.29) is 5.41 Å². The van der Waals surface area contributed by atoms with Crippen molar-refractivity contribution in [2.24, 2.45) is 0 Å². The van der Waals surface area contributed by atoms with Gasteiger partial charge >= 0.3 is 7.32 Å². The highest BCUT2D eigenvalue weighted by molar-refractivity contribution is 7.96. The summed E-state index contributed by atoms with van der Waals surface area (Å²) in [4.78, 5) is 0. The molecule has 0 heterocycles. The van der Waals surface area contributed by atoms with Crippen molar-refractivity contribution < 1.29 is 12.9 Å². The molecular formula is C28H31BO3S2. The molecule has 0 atom stereocenters. The Kier molecular flexibility index (Phi) is 11.6. The molecule has 0 N–H and O–H groups in total. The second kappa shape index (κ2) is 14.9. The molecule has 0 unspecified atom stereocenters. The van der Waals surface area contributed by atoms with Gasteiger partial charge in [0.05, 0.1) is 0 Å². The zero-order chi connectivity index (χ0) is 23.9. The second-order valence-corrected chi connectivity index (χ2v) is 9.13. The average Bonchev–Trinajstić information content (AvgIpc) is 2.90. The van der Waals surface area contributed by atoms with Gasteiger partial charge in [-0.1, -0.05) is 103 Å². The van der Waals surface area contributed by atoms with Crippen molar-refractivity contribution in [3.63, 3.8) is 0 Å². The lowest BCUT2D eigenvalue weighted by molar-refractivity contribution is 0.212. The maximum atomic E-state index is 5.98. The molecule has 0 aliphatic rings. The highest BCUT2D eigenvalue weighted by Crippen LogP contribution is 2.43. The second-order valence-electron chi connectivity index (χ2n) is 7.61. The van der Waals surface area contributed by atoms with Gasteiger partial charge in [-0.05, 0) is 53.6 Å². The van der Waals surface area contributed by atoms with Crippen LogP contribution in [-0.4, -0.2) is 25.4 Å². The van der Waals surface area contributed by atoms with Gasteiger partial charge in [0, 0.05) is 23.5 Å². The molecule has 0 aliphatic heterocycles. The first-order chi connectivity index (χ1) is 16.8. The molecule has 0 saturated heterocycles. The molecule has 0 fully saturated rings. The Hall–Kier alpha value is -2.22. The maximum absolute atomic E-state index is 5.98. The Balaban J connectivity index is 1.80. The van der Waals surface area contributed by atoms with Crippen LogP contribution in [0.15, 0.2) is 116 Å². The summed E-state index contributed by atoms with van der Waals surface area (Å²) < 4.78 is 17.3. The Morgan fingerprint density at radius 2 is 1.09 bits per heavy atom. The third-order valence-corrected chi connectivity index (χ3v) is 6.74. The molecule has 3 rings (SSSR count). The minimum atomic E-state index is -0.755. The van der Waals surface area contributed by atoms with Crippen molar-refractivity contribution in [1.82, 2.24) is 0 Å². The largest absolute Gasteiger partial charge is 0.662 e. The van der Waals surface area contributed by atoms with Crippen LogP contribution in [0.25, 0.3) is 0 Å². The molecule has 0 saturated carbocycles. The van der Waals surface area contributed by atoms with Gasteiger partial charge < -0.3 is 12.9 Å². The fourth-order valence-corrected chi connectivity index (χ4v) is 4.79. The summed E-state index contributed by atoms with van der Waals surface area (Å²) in [7, 11) is -0.755. The summed E-state index contributed by atoms with van der Waals surface area (Å²) in [5.41, 5.74) is 3.50. The van der Waals surface area contributed by atoms with Gasteiger partial charge in [-0.2, -0.15) is 0 Å². The van der Waals surface area contributed by atoms with E-state index in [2.05, 4.69) is 104 Å². The molecule has 3 aromatic rings. The Morgan fingerprint density at radius 1 is 0.676 bits per heavy atom. The predicted molar refractivity (Wildman–Crippen MR) is 148 cm³/mol. The summed E-state index contributed by atoms with van der Waals surface area (Å²) in [5.74, 6) is 1.32. The zero-order valence-corrected chi connectivity index (χ0v) is 21.0. The highest BCUT2D eigenvalue weighted by atomic mass is 32.2. The zero-order valence-electron chi connectivity index (χ0n) is 19.4. The third kappa shape index (κ3) is 7.39. The molecule has 6 heteroatoms. The molecule has 3 nitrogen and oxygen atoms in total. The van der Waals surface area contributed by atoms with Gasteiger partial charge in [0.2, 0.25) is 0 Å². The molecule has 176 valence electrons. The lowest BCUT2D eigenvalue weighted by Gasteiger charge is -2.36. The van der Waals surface area contributed by atoms with Gasteiger partial charge in [-0.15, -0.1) is 13.2 Å². The molecule has 0 radical (unpaired) electrons. The van der Waals surface area contributed by atoms with Crippen LogP contribution >= 0.6 is 24.1 Å². The normalized spacial score (nSPS) is 11.2. The van der Waals surface area contributed by atoms with Crippen molar-refractivity contribution in [2.45, 2.75) is 18.3 Å². The van der Waals surface area contributed by atoms with E-state index in [1.54, 1.807) is 12.2 Å². The molecule has 34 heavy (non-hydrogen) atoms. The number of hydrogen-bond acceptors (Lipinski definition) is 5. The number of rotatable bonds is 16. The Labute approximate surface area is 213 Å². The van der Waals surface area contributed by atoms with E-state index < -0.39 is 7.32 Å². The molecule has 0 aromatic heterocycles. The van der Waals surface area contributed by atoms with Crippen LogP contribution in [0.3, 0.4) is 0 Å². The fourth-order valence-electron chi connectivity index (χ4n) is 3.98. The molecule has 0 bridgehead atoms. The number of hydrogen-bond donors (Lipinski definition) is 0. The van der Waals surface area contributed by atoms with Crippen LogP contribution in [0.2, 0.25) is 0 Å². The first kappa shape index (κ1) is 26.4. The van der Waals surface area contributed by atoms with Crippen LogP contribution in [0, 0.1) is 0 Å². The average molecular weight is 490 g/mol. The smallest absolute Gasteiger partial charge is 0.385 e. The topological polar surface area (TPSA) is 27.7 Å². The lowest BCUT2D eigenvalue weighted by atomic mass is 9.67. The van der Waals surface area contributed by atoms with E-state index in [0.29, 0.717) is 18.1 Å². The highest BCUT2D eigenvalue weighted by Gasteiger charge is 2.36. The summed E-state index contributed by atoms with van der Waals surface area (Å²) in [5, 5.41) is 0. The van der Waals surface area contributed by atoms with Crippen LogP contribution < -0.4 is 0 Å². The van der Waals surface area contributed by atoms with Crippen LogP contribution in [0.4, 0.5) is 0 Å². The first-order valence-electron chi connectivity index (χ1n) is 11.4. The summed E-state index contributed by atoms with van der Waals surface area (Å²) in [6, 6.07) is 32.1. The number of benzene rings is 3. The van der Waals surface area contributed by atoms with Gasteiger partial charge in [0.25, 0.3) is 0 Å². The molecule has 0 spiro atoms. The minimum Gasteiger partial charge on any atom is -0.385 e. The van der Waals surface area contributed by atoms with E-state index in [4.69, 9.17) is 12.9 Å². The Bertz CT molecular complexity index is 860. The fraction of sp³-hybridized carbons (Fsp3) is 0.214. The lowest BCUT2D eigenvalue weighted by Crippen LogP contribution is -2.30. The van der Waals surface area contributed by atoms with Crippen molar-refractivity contribution in [3.05, 3.63) is 133 Å². The van der Waals surface area contributed by atoms with E-state index >= 15 is 0 Å². The third-order valence-electron chi connectivity index (χ3n) is 5.41. The summed E-state index contributed by atoms with van der Waals surface area (Å²) in [6.07, 6.45) is 5.26. The first-order valence-corrected chi connectivity index (χ1v) is 13.2. The van der Waals surface area contributed by atoms with Gasteiger partial charge in [-0.25, -0.2) is 0 Å². The molecule has 0 aliphatic carbocycles. The van der Waals surface area contributed by atoms with Gasteiger partial charge in [0.1, 0.15) is 0 Å². The van der Waals surface area contributed by atoms with Gasteiger partial charge in [-0.3, -0.25) is 0 Å². The van der Waals surface area contributed by atoms with Crippen LogP contribution in [0.5, 0.6) is 0 Å². The van der Waals surface area contributed by atoms with E-state index in [0.717, 1.165) is 12.8 Å². The standard InChI is InChI=1S/C28H31BO3S2/c1-3-23-33-31-29(32-34-24-4-2)30-22-14-21-28(25-15-8-5-9-16-25,26-17-10-6-11-18-26)27-19-12-7-13-20-27/h3-13,15-20H,1-2,14,21-24H2. The van der Waals surface area contributed by atoms with Gasteiger partial charge in [0.15, 0.2) is 0 Å². The summed E-state index contributed by atoms with van der Waals surface area (Å²) >= 11 is 2.53. The quantitative estimate of drug-likeness (QED) is 0.0681. The Morgan fingerprint density at radius 3 is 1.47 bits per heavy atom. The van der Waals surface area contributed by atoms with Crippen molar-refractivity contribution in [2.75, 3.05) is 18.1 Å².